The molecule has 0 saturated heterocycles. The van der Waals surface area contributed by atoms with E-state index >= 15 is 0 Å². The Morgan fingerprint density at radius 3 is 1.90 bits per heavy atom. The number of rotatable bonds is 3. The van der Waals surface area contributed by atoms with E-state index in [9.17, 15) is 0 Å². The van der Waals surface area contributed by atoms with Gasteiger partial charge in [0.25, 0.3) is 5.95 Å². The molecule has 0 amide bonds. The van der Waals surface area contributed by atoms with Crippen LogP contribution in [0.3, 0.4) is 0 Å². The van der Waals surface area contributed by atoms with E-state index in [2.05, 4.69) is 20.2 Å². The predicted octanol–water partition coefficient (Wildman–Crippen LogP) is 3.93. The van der Waals surface area contributed by atoms with Crippen molar-refractivity contribution in [3.63, 3.8) is 0 Å². The Hall–Kier alpha value is -2.88. The normalized spacial score (nSPS) is 10.9. The lowest BCUT2D eigenvalue weighted by molar-refractivity contribution is 0.976. The lowest BCUT2D eigenvalue weighted by Crippen LogP contribution is -1.96. The third kappa shape index (κ3) is 2.84. The van der Waals surface area contributed by atoms with Crippen molar-refractivity contribution in [2.45, 2.75) is 6.92 Å². The predicted molar refractivity (Wildman–Crippen MR) is 84.5 cm³/mol. The van der Waals surface area contributed by atoms with Gasteiger partial charge in [-0.05, 0) is 6.92 Å². The van der Waals surface area contributed by atoms with Crippen LogP contribution in [-0.2, 0) is 0 Å². The second kappa shape index (κ2) is 6.05. The van der Waals surface area contributed by atoms with Gasteiger partial charge in [0.2, 0.25) is 0 Å². The molecule has 0 radical (unpaired) electrons. The molecule has 0 aliphatic heterocycles. The average Bonchev–Trinajstić information content (AvgIpc) is 2.57. The van der Waals surface area contributed by atoms with Crippen molar-refractivity contribution in [1.82, 2.24) is 15.2 Å². The van der Waals surface area contributed by atoms with Gasteiger partial charge in [-0.2, -0.15) is 0 Å². The van der Waals surface area contributed by atoms with Gasteiger partial charge in [0.15, 0.2) is 0 Å². The molecule has 0 fully saturated rings. The number of hydrogen-bond acceptors (Lipinski definition) is 4. The highest BCUT2D eigenvalue weighted by atomic mass is 15.2. The first-order valence-electron chi connectivity index (χ1n) is 6.72. The van der Waals surface area contributed by atoms with Crippen LogP contribution in [0.15, 0.2) is 65.7 Å². The Labute approximate surface area is 123 Å². The van der Waals surface area contributed by atoms with Crippen LogP contribution in [0.4, 0.5) is 5.95 Å². The molecule has 0 saturated carbocycles. The summed E-state index contributed by atoms with van der Waals surface area (Å²) in [6.45, 7) is 1.83. The van der Waals surface area contributed by atoms with Gasteiger partial charge in [-0.15, -0.1) is 10.2 Å². The lowest BCUT2D eigenvalue weighted by Gasteiger charge is -2.07. The SMILES string of the molecule is CC=Nc1nnc(-c2ccccc2)c(-c2ccccc2)n1. The molecule has 4 nitrogen and oxygen atoms in total. The minimum absolute atomic E-state index is 0.371. The summed E-state index contributed by atoms with van der Waals surface area (Å²) in [5.74, 6) is 0.371. The summed E-state index contributed by atoms with van der Waals surface area (Å²) in [6, 6.07) is 19.9. The first-order chi connectivity index (χ1) is 10.4. The van der Waals surface area contributed by atoms with E-state index in [-0.39, 0.29) is 0 Å². The lowest BCUT2D eigenvalue weighted by atomic mass is 10.0. The summed E-state index contributed by atoms with van der Waals surface area (Å²) in [5.41, 5.74) is 3.54. The third-order valence-electron chi connectivity index (χ3n) is 3.01. The first-order valence-corrected chi connectivity index (χ1v) is 6.72. The maximum absolute atomic E-state index is 4.54. The van der Waals surface area contributed by atoms with Crippen LogP contribution in [0.1, 0.15) is 6.92 Å². The Morgan fingerprint density at radius 1 is 0.762 bits per heavy atom. The van der Waals surface area contributed by atoms with Crippen LogP contribution in [0, 0.1) is 0 Å². The van der Waals surface area contributed by atoms with Gasteiger partial charge in [0.05, 0.1) is 0 Å². The number of benzene rings is 2. The number of nitrogens with zero attached hydrogens (tertiary/aromatic N) is 4. The highest BCUT2D eigenvalue weighted by molar-refractivity contribution is 5.78. The molecule has 1 aromatic heterocycles. The largest absolute Gasteiger partial charge is 0.269 e. The number of hydrogen-bond donors (Lipinski definition) is 0. The third-order valence-corrected chi connectivity index (χ3v) is 3.01. The molecule has 3 rings (SSSR count). The molecule has 0 atom stereocenters. The van der Waals surface area contributed by atoms with Crippen LogP contribution in [-0.4, -0.2) is 21.4 Å². The smallest absolute Gasteiger partial charge is 0.223 e. The van der Waals surface area contributed by atoms with E-state index < -0.39 is 0 Å². The molecule has 2 aromatic carbocycles. The van der Waals surface area contributed by atoms with Crippen molar-refractivity contribution in [1.29, 1.82) is 0 Å². The standard InChI is InChI=1S/C17H14N4/c1-2-18-17-19-15(13-9-5-3-6-10-13)16(20-21-17)14-11-7-4-8-12-14/h2-12H,1H3. The second-order valence-corrected chi connectivity index (χ2v) is 4.43. The zero-order chi connectivity index (χ0) is 14.5. The summed E-state index contributed by atoms with van der Waals surface area (Å²) in [6.07, 6.45) is 1.66. The van der Waals surface area contributed by atoms with E-state index in [0.29, 0.717) is 5.95 Å². The molecule has 0 N–H and O–H groups in total. The number of aromatic nitrogens is 3. The Bertz CT molecular complexity index is 752. The van der Waals surface area contributed by atoms with Crippen LogP contribution >= 0.6 is 0 Å². The quantitative estimate of drug-likeness (QED) is 0.680. The summed E-state index contributed by atoms with van der Waals surface area (Å²) in [7, 11) is 0. The maximum Gasteiger partial charge on any atom is 0.269 e. The van der Waals surface area contributed by atoms with Crippen molar-refractivity contribution >= 4 is 12.2 Å². The molecule has 0 bridgehead atoms. The van der Waals surface area contributed by atoms with Crippen LogP contribution in [0.5, 0.6) is 0 Å². The van der Waals surface area contributed by atoms with Crippen LogP contribution in [0.25, 0.3) is 22.5 Å². The monoisotopic (exact) mass is 274 g/mol. The molecule has 4 heteroatoms. The van der Waals surface area contributed by atoms with Crippen molar-refractivity contribution in [2.75, 3.05) is 0 Å². The van der Waals surface area contributed by atoms with Gasteiger partial charge < -0.3 is 0 Å². The molecule has 21 heavy (non-hydrogen) atoms. The van der Waals surface area contributed by atoms with Gasteiger partial charge in [0, 0.05) is 17.3 Å². The van der Waals surface area contributed by atoms with Crippen molar-refractivity contribution in [2.24, 2.45) is 4.99 Å². The van der Waals surface area contributed by atoms with Crippen molar-refractivity contribution in [3.05, 3.63) is 60.7 Å². The van der Waals surface area contributed by atoms with Crippen molar-refractivity contribution in [3.8, 4) is 22.5 Å². The van der Waals surface area contributed by atoms with E-state index in [1.807, 2.05) is 67.6 Å². The highest BCUT2D eigenvalue weighted by Gasteiger charge is 2.12. The van der Waals surface area contributed by atoms with E-state index in [4.69, 9.17) is 0 Å². The minimum atomic E-state index is 0.371. The van der Waals surface area contributed by atoms with Crippen LogP contribution in [0.2, 0.25) is 0 Å². The fraction of sp³-hybridized carbons (Fsp3) is 0.0588. The zero-order valence-electron chi connectivity index (χ0n) is 11.6. The summed E-state index contributed by atoms with van der Waals surface area (Å²) in [4.78, 5) is 8.66. The van der Waals surface area contributed by atoms with Gasteiger partial charge >= 0.3 is 0 Å². The van der Waals surface area contributed by atoms with Gasteiger partial charge in [-0.1, -0.05) is 60.7 Å². The second-order valence-electron chi connectivity index (χ2n) is 4.43. The number of aliphatic imine (C=N–C) groups is 1. The van der Waals surface area contributed by atoms with E-state index in [1.165, 1.54) is 0 Å². The molecule has 0 aliphatic rings. The minimum Gasteiger partial charge on any atom is -0.223 e. The summed E-state index contributed by atoms with van der Waals surface area (Å²) >= 11 is 0. The molecular weight excluding hydrogens is 260 g/mol. The van der Waals surface area contributed by atoms with Gasteiger partial charge in [-0.3, -0.25) is 0 Å². The first kappa shape index (κ1) is 13.1. The molecule has 0 unspecified atom stereocenters. The topological polar surface area (TPSA) is 51.0 Å². The fourth-order valence-corrected chi connectivity index (χ4v) is 2.08. The summed E-state index contributed by atoms with van der Waals surface area (Å²) < 4.78 is 0. The Kier molecular flexibility index (Phi) is 3.78. The molecule has 1 heterocycles. The molecule has 0 spiro atoms. The Morgan fingerprint density at radius 2 is 1.33 bits per heavy atom. The summed E-state index contributed by atoms with van der Waals surface area (Å²) in [5, 5.41) is 8.39. The Balaban J connectivity index is 2.20. The highest BCUT2D eigenvalue weighted by Crippen LogP contribution is 2.28. The van der Waals surface area contributed by atoms with Crippen molar-refractivity contribution < 1.29 is 0 Å². The molecular formula is C17H14N4. The molecule has 3 aromatic rings. The van der Waals surface area contributed by atoms with Crippen LogP contribution < -0.4 is 0 Å². The fourth-order valence-electron chi connectivity index (χ4n) is 2.08. The van der Waals surface area contributed by atoms with E-state index in [1.54, 1.807) is 6.21 Å². The molecule has 0 aliphatic carbocycles. The van der Waals surface area contributed by atoms with Gasteiger partial charge in [0.1, 0.15) is 11.4 Å². The maximum atomic E-state index is 4.54. The zero-order valence-corrected chi connectivity index (χ0v) is 11.6. The average molecular weight is 274 g/mol. The molecule has 102 valence electrons. The van der Waals surface area contributed by atoms with Gasteiger partial charge in [-0.25, -0.2) is 9.98 Å². The van der Waals surface area contributed by atoms with E-state index in [0.717, 1.165) is 22.5 Å².